The Morgan fingerprint density at radius 3 is 2.43 bits per heavy atom. The van der Waals surface area contributed by atoms with Crippen LogP contribution < -0.4 is 15.4 Å². The Bertz CT molecular complexity index is 1070. The summed E-state index contributed by atoms with van der Waals surface area (Å²) in [5.74, 6) is 0.347. The van der Waals surface area contributed by atoms with Gasteiger partial charge in [0.25, 0.3) is 5.91 Å². The number of rotatable bonds is 10. The highest BCUT2D eigenvalue weighted by Gasteiger charge is 2.26. The Morgan fingerprint density at radius 1 is 1.03 bits per heavy atom. The second-order valence-electron chi connectivity index (χ2n) is 8.38. The molecule has 1 aliphatic heterocycles. The third-order valence-corrected chi connectivity index (χ3v) is 6.97. The van der Waals surface area contributed by atoms with Gasteiger partial charge in [-0.05, 0) is 34.7 Å². The van der Waals surface area contributed by atoms with Crippen molar-refractivity contribution in [2.75, 3.05) is 40.0 Å². The highest BCUT2D eigenvalue weighted by atomic mass is 32.1. The zero-order chi connectivity index (χ0) is 24.5. The molecule has 0 radical (unpaired) electrons. The number of hydrogen-bond acceptors (Lipinski definition) is 6. The molecule has 0 bridgehead atoms. The molecule has 2 aromatic carbocycles. The van der Waals surface area contributed by atoms with Crippen molar-refractivity contribution in [2.45, 2.75) is 18.5 Å². The van der Waals surface area contributed by atoms with Crippen molar-refractivity contribution < 1.29 is 19.1 Å². The van der Waals surface area contributed by atoms with Crippen LogP contribution in [0.3, 0.4) is 0 Å². The predicted molar refractivity (Wildman–Crippen MR) is 137 cm³/mol. The van der Waals surface area contributed by atoms with Gasteiger partial charge in [-0.2, -0.15) is 0 Å². The molecule has 2 amide bonds. The zero-order valence-corrected chi connectivity index (χ0v) is 20.6. The lowest BCUT2D eigenvalue weighted by Crippen LogP contribution is -2.50. The van der Waals surface area contributed by atoms with Crippen LogP contribution in [-0.2, 0) is 16.0 Å². The molecule has 0 spiro atoms. The summed E-state index contributed by atoms with van der Waals surface area (Å²) >= 11 is 1.36. The van der Waals surface area contributed by atoms with Crippen LogP contribution in [0.15, 0.2) is 72.1 Å². The Hall–Kier alpha value is -3.20. The van der Waals surface area contributed by atoms with Crippen molar-refractivity contribution in [3.8, 4) is 5.75 Å². The van der Waals surface area contributed by atoms with Crippen molar-refractivity contribution in [3.05, 3.63) is 88.1 Å². The van der Waals surface area contributed by atoms with Gasteiger partial charge >= 0.3 is 0 Å². The Labute approximate surface area is 210 Å². The maximum atomic E-state index is 13.4. The van der Waals surface area contributed by atoms with Gasteiger partial charge < -0.3 is 20.1 Å². The highest BCUT2D eigenvalue weighted by molar-refractivity contribution is 7.12. The van der Waals surface area contributed by atoms with Gasteiger partial charge in [0.1, 0.15) is 11.8 Å². The molecule has 2 heterocycles. The van der Waals surface area contributed by atoms with Gasteiger partial charge in [0, 0.05) is 26.1 Å². The summed E-state index contributed by atoms with van der Waals surface area (Å²) < 4.78 is 10.8. The van der Waals surface area contributed by atoms with E-state index in [1.54, 1.807) is 13.2 Å². The molecule has 1 fully saturated rings. The molecule has 1 saturated heterocycles. The molecule has 2 N–H and O–H groups in total. The van der Waals surface area contributed by atoms with Crippen LogP contribution in [0.5, 0.6) is 5.75 Å². The maximum Gasteiger partial charge on any atom is 0.262 e. The first kappa shape index (κ1) is 24.9. The second kappa shape index (κ2) is 12.5. The average molecular weight is 494 g/mol. The van der Waals surface area contributed by atoms with E-state index in [0.29, 0.717) is 31.1 Å². The fourth-order valence-electron chi connectivity index (χ4n) is 4.19. The summed E-state index contributed by atoms with van der Waals surface area (Å²) in [7, 11) is 1.64. The summed E-state index contributed by atoms with van der Waals surface area (Å²) in [6.45, 7) is 3.32. The molecule has 1 aliphatic rings. The number of benzene rings is 2. The summed E-state index contributed by atoms with van der Waals surface area (Å²) in [5.41, 5.74) is 2.08. The number of carbonyl (C=O) groups is 2. The van der Waals surface area contributed by atoms with Crippen molar-refractivity contribution in [2.24, 2.45) is 0 Å². The van der Waals surface area contributed by atoms with E-state index < -0.39 is 6.04 Å². The van der Waals surface area contributed by atoms with E-state index in [-0.39, 0.29) is 17.9 Å². The lowest BCUT2D eigenvalue weighted by Gasteiger charge is -2.35. The topological polar surface area (TPSA) is 79.9 Å². The summed E-state index contributed by atoms with van der Waals surface area (Å²) in [6.07, 6.45) is 0.411. The van der Waals surface area contributed by atoms with Gasteiger partial charge in [0.2, 0.25) is 5.91 Å². The van der Waals surface area contributed by atoms with Crippen LogP contribution in [0, 0.1) is 0 Å². The molecule has 0 aliphatic carbocycles. The minimum atomic E-state index is -0.687. The van der Waals surface area contributed by atoms with Gasteiger partial charge in [-0.1, -0.05) is 48.5 Å². The summed E-state index contributed by atoms with van der Waals surface area (Å²) in [5, 5.41) is 7.90. The van der Waals surface area contributed by atoms with Crippen molar-refractivity contribution in [3.63, 3.8) is 0 Å². The molecule has 35 heavy (non-hydrogen) atoms. The predicted octanol–water partition coefficient (Wildman–Crippen LogP) is 3.29. The fourth-order valence-corrected chi connectivity index (χ4v) is 4.82. The number of nitrogens with one attached hydrogen (secondary N) is 2. The SMILES string of the molecule is COc1ccc(C(CNC(=O)C(Cc2ccccc2)NC(=O)c2cccs2)N2CCOCC2)cc1. The standard InChI is InChI=1S/C27H31N3O4S/c1-33-22-11-9-21(10-12-22)24(30-13-15-34-16-14-30)19-28-26(31)23(18-20-6-3-2-4-7-20)29-27(32)25-8-5-17-35-25/h2-12,17,23-24H,13-16,18-19H2,1H3,(H,28,31)(H,29,32). The van der Waals surface area contributed by atoms with Crippen LogP contribution >= 0.6 is 11.3 Å². The summed E-state index contributed by atoms with van der Waals surface area (Å²) in [6, 6.07) is 20.6. The zero-order valence-electron chi connectivity index (χ0n) is 19.8. The fraction of sp³-hybridized carbons (Fsp3) is 0.333. The summed E-state index contributed by atoms with van der Waals surface area (Å²) in [4.78, 5) is 29.1. The van der Waals surface area contributed by atoms with E-state index in [2.05, 4.69) is 15.5 Å². The van der Waals surface area contributed by atoms with Gasteiger partial charge in [-0.15, -0.1) is 11.3 Å². The highest BCUT2D eigenvalue weighted by Crippen LogP contribution is 2.24. The molecule has 3 aromatic rings. The molecule has 2 atom stereocenters. The van der Waals surface area contributed by atoms with E-state index in [1.807, 2.05) is 66.0 Å². The van der Waals surface area contributed by atoms with Crippen molar-refractivity contribution >= 4 is 23.2 Å². The lowest BCUT2D eigenvalue weighted by atomic mass is 10.0. The van der Waals surface area contributed by atoms with Gasteiger partial charge in [0.05, 0.1) is 31.2 Å². The Morgan fingerprint density at radius 2 is 1.77 bits per heavy atom. The molecule has 2 unspecified atom stereocenters. The Kier molecular flexibility index (Phi) is 8.89. The first-order valence-corrected chi connectivity index (χ1v) is 12.6. The molecular weight excluding hydrogens is 462 g/mol. The largest absolute Gasteiger partial charge is 0.497 e. The van der Waals surface area contributed by atoms with Gasteiger partial charge in [-0.3, -0.25) is 14.5 Å². The minimum absolute atomic E-state index is 0.0147. The third kappa shape index (κ3) is 6.91. The number of nitrogens with zero attached hydrogens (tertiary/aromatic N) is 1. The number of carbonyl (C=O) groups excluding carboxylic acids is 2. The van der Waals surface area contributed by atoms with E-state index in [4.69, 9.17) is 9.47 Å². The van der Waals surface area contributed by atoms with E-state index in [1.165, 1.54) is 11.3 Å². The van der Waals surface area contributed by atoms with Crippen LogP contribution in [0.25, 0.3) is 0 Å². The molecule has 7 nitrogen and oxygen atoms in total. The number of thiophene rings is 1. The molecule has 184 valence electrons. The minimum Gasteiger partial charge on any atom is -0.497 e. The third-order valence-electron chi connectivity index (χ3n) is 6.11. The number of hydrogen-bond donors (Lipinski definition) is 2. The maximum absolute atomic E-state index is 13.4. The average Bonchev–Trinajstić information content (AvgIpc) is 3.45. The van der Waals surface area contributed by atoms with Crippen molar-refractivity contribution in [1.82, 2.24) is 15.5 Å². The number of methoxy groups -OCH3 is 1. The number of morpholine rings is 1. The van der Waals surface area contributed by atoms with Crippen LogP contribution in [0.1, 0.15) is 26.8 Å². The monoisotopic (exact) mass is 493 g/mol. The van der Waals surface area contributed by atoms with Crippen molar-refractivity contribution in [1.29, 1.82) is 0 Å². The molecule has 8 heteroatoms. The number of amides is 2. The lowest BCUT2D eigenvalue weighted by molar-refractivity contribution is -0.123. The van der Waals surface area contributed by atoms with E-state index >= 15 is 0 Å². The first-order chi connectivity index (χ1) is 17.1. The van der Waals surface area contributed by atoms with Gasteiger partial charge in [-0.25, -0.2) is 0 Å². The molecule has 4 rings (SSSR count). The van der Waals surface area contributed by atoms with E-state index in [0.717, 1.165) is 30.0 Å². The smallest absolute Gasteiger partial charge is 0.262 e. The van der Waals surface area contributed by atoms with Crippen LogP contribution in [0.2, 0.25) is 0 Å². The second-order valence-corrected chi connectivity index (χ2v) is 9.32. The van der Waals surface area contributed by atoms with Crippen LogP contribution in [0.4, 0.5) is 0 Å². The number of ether oxygens (including phenoxy) is 2. The molecule has 1 aromatic heterocycles. The van der Waals surface area contributed by atoms with Crippen LogP contribution in [-0.4, -0.2) is 62.7 Å². The first-order valence-electron chi connectivity index (χ1n) is 11.8. The normalized spacial score (nSPS) is 15.7. The quantitative estimate of drug-likeness (QED) is 0.453. The van der Waals surface area contributed by atoms with E-state index in [9.17, 15) is 9.59 Å². The molecular formula is C27H31N3O4S. The van der Waals surface area contributed by atoms with Gasteiger partial charge in [0.15, 0.2) is 0 Å². The Balaban J connectivity index is 1.48. The molecule has 0 saturated carbocycles.